The highest BCUT2D eigenvalue weighted by molar-refractivity contribution is 6.33. The first-order valence-electron chi connectivity index (χ1n) is 8.58. The van der Waals surface area contributed by atoms with Crippen LogP contribution >= 0.6 is 23.2 Å². The van der Waals surface area contributed by atoms with Crippen LogP contribution in [0.3, 0.4) is 0 Å². The van der Waals surface area contributed by atoms with Crippen molar-refractivity contribution in [3.63, 3.8) is 0 Å². The minimum absolute atomic E-state index is 0.0593. The predicted molar refractivity (Wildman–Crippen MR) is 112 cm³/mol. The molecule has 0 radical (unpaired) electrons. The second-order valence-electron chi connectivity index (χ2n) is 6.02. The van der Waals surface area contributed by atoms with Crippen LogP contribution in [0.1, 0.15) is 15.9 Å². The Morgan fingerprint density at radius 1 is 1.14 bits per heavy atom. The van der Waals surface area contributed by atoms with Gasteiger partial charge in [0.1, 0.15) is 5.02 Å². The van der Waals surface area contributed by atoms with Crippen LogP contribution in [0.4, 0.5) is 5.69 Å². The van der Waals surface area contributed by atoms with Crippen molar-refractivity contribution in [1.82, 2.24) is 15.1 Å². The maximum atomic E-state index is 12.5. The number of nitrogens with zero attached hydrogens (tertiary/aromatic N) is 2. The molecular weight excluding hydrogens is 399 g/mol. The fourth-order valence-electron chi connectivity index (χ4n) is 2.68. The smallest absolute Gasteiger partial charge is 0.292 e. The molecule has 0 atom stereocenters. The molecule has 0 aliphatic carbocycles. The average molecular weight is 417 g/mol. The molecule has 1 aromatic heterocycles. The SMILES string of the molecule is CNC(=O)c1cccc(CCNc2cnn(-c3ccc(Cl)cc3)c(=O)c2Cl)c1. The minimum Gasteiger partial charge on any atom is -0.382 e. The Labute approximate surface area is 172 Å². The molecule has 144 valence electrons. The molecular formula is C20H18Cl2N4O2. The molecule has 0 aliphatic rings. The van der Waals surface area contributed by atoms with E-state index in [9.17, 15) is 9.59 Å². The summed E-state index contributed by atoms with van der Waals surface area (Å²) in [4.78, 5) is 24.2. The number of amides is 1. The van der Waals surface area contributed by atoms with Gasteiger partial charge in [-0.2, -0.15) is 9.78 Å². The van der Waals surface area contributed by atoms with Crippen LogP contribution in [0.25, 0.3) is 5.69 Å². The maximum absolute atomic E-state index is 12.5. The quantitative estimate of drug-likeness (QED) is 0.643. The number of carbonyl (C=O) groups is 1. The molecule has 1 amide bonds. The molecule has 0 spiro atoms. The lowest BCUT2D eigenvalue weighted by Gasteiger charge is -2.11. The van der Waals surface area contributed by atoms with Crippen molar-refractivity contribution in [2.24, 2.45) is 0 Å². The molecule has 3 aromatic rings. The number of carbonyl (C=O) groups excluding carboxylic acids is 1. The van der Waals surface area contributed by atoms with Crippen molar-refractivity contribution in [3.05, 3.63) is 86.3 Å². The molecule has 28 heavy (non-hydrogen) atoms. The van der Waals surface area contributed by atoms with E-state index in [0.29, 0.717) is 34.9 Å². The lowest BCUT2D eigenvalue weighted by molar-refractivity contribution is 0.0963. The molecule has 0 unspecified atom stereocenters. The number of benzene rings is 2. The van der Waals surface area contributed by atoms with Crippen LogP contribution in [-0.2, 0) is 6.42 Å². The number of aromatic nitrogens is 2. The summed E-state index contributed by atoms with van der Waals surface area (Å²) in [6.45, 7) is 0.531. The zero-order valence-corrected chi connectivity index (χ0v) is 16.6. The zero-order valence-electron chi connectivity index (χ0n) is 15.1. The zero-order chi connectivity index (χ0) is 20.1. The normalized spacial score (nSPS) is 10.5. The van der Waals surface area contributed by atoms with Gasteiger partial charge in [0.15, 0.2) is 0 Å². The Bertz CT molecular complexity index is 1050. The minimum atomic E-state index is -0.421. The van der Waals surface area contributed by atoms with E-state index in [4.69, 9.17) is 23.2 Å². The van der Waals surface area contributed by atoms with Crippen molar-refractivity contribution >= 4 is 34.8 Å². The molecule has 0 bridgehead atoms. The monoisotopic (exact) mass is 416 g/mol. The maximum Gasteiger partial charge on any atom is 0.292 e. The summed E-state index contributed by atoms with van der Waals surface area (Å²) in [5.41, 5.74) is 2.21. The van der Waals surface area contributed by atoms with Crippen LogP contribution in [0.15, 0.2) is 59.5 Å². The Balaban J connectivity index is 1.70. The molecule has 1 heterocycles. The first-order valence-corrected chi connectivity index (χ1v) is 9.34. The topological polar surface area (TPSA) is 76.0 Å². The fourth-order valence-corrected chi connectivity index (χ4v) is 3.00. The number of halogens is 2. The fraction of sp³-hybridized carbons (Fsp3) is 0.150. The summed E-state index contributed by atoms with van der Waals surface area (Å²) >= 11 is 12.1. The summed E-state index contributed by atoms with van der Waals surface area (Å²) in [6.07, 6.45) is 2.17. The van der Waals surface area contributed by atoms with Crippen LogP contribution in [0.5, 0.6) is 0 Å². The third-order valence-corrected chi connectivity index (χ3v) is 4.75. The summed E-state index contributed by atoms with van der Waals surface area (Å²) in [5.74, 6) is -0.132. The highest BCUT2D eigenvalue weighted by Gasteiger charge is 2.11. The van der Waals surface area contributed by atoms with Gasteiger partial charge in [0.05, 0.1) is 17.6 Å². The van der Waals surface area contributed by atoms with Gasteiger partial charge in [0.2, 0.25) is 0 Å². The van der Waals surface area contributed by atoms with E-state index in [1.54, 1.807) is 37.4 Å². The summed E-state index contributed by atoms with van der Waals surface area (Å²) in [6, 6.07) is 14.1. The van der Waals surface area contributed by atoms with Gasteiger partial charge in [-0.3, -0.25) is 9.59 Å². The predicted octanol–water partition coefficient (Wildman–Crippen LogP) is 3.55. The highest BCUT2D eigenvalue weighted by atomic mass is 35.5. The molecule has 0 aliphatic heterocycles. The van der Waals surface area contributed by atoms with Crippen LogP contribution in [-0.4, -0.2) is 29.3 Å². The lowest BCUT2D eigenvalue weighted by Crippen LogP contribution is -2.23. The Hall–Kier alpha value is -2.83. The van der Waals surface area contributed by atoms with Gasteiger partial charge in [-0.1, -0.05) is 35.3 Å². The molecule has 0 fully saturated rings. The first-order chi connectivity index (χ1) is 13.5. The van der Waals surface area contributed by atoms with Crippen molar-refractivity contribution in [2.75, 3.05) is 18.9 Å². The van der Waals surface area contributed by atoms with E-state index in [2.05, 4.69) is 15.7 Å². The number of nitrogens with one attached hydrogen (secondary N) is 2. The Morgan fingerprint density at radius 2 is 1.89 bits per heavy atom. The Kier molecular flexibility index (Phi) is 6.34. The highest BCUT2D eigenvalue weighted by Crippen LogP contribution is 2.18. The third kappa shape index (κ3) is 4.52. The van der Waals surface area contributed by atoms with Crippen molar-refractivity contribution in [1.29, 1.82) is 0 Å². The Morgan fingerprint density at radius 3 is 2.61 bits per heavy atom. The molecule has 8 heteroatoms. The molecule has 0 saturated heterocycles. The lowest BCUT2D eigenvalue weighted by atomic mass is 10.1. The van der Waals surface area contributed by atoms with Crippen LogP contribution < -0.4 is 16.2 Å². The molecule has 2 aromatic carbocycles. The first kappa shape index (κ1) is 19.9. The van der Waals surface area contributed by atoms with Crippen molar-refractivity contribution in [2.45, 2.75) is 6.42 Å². The number of anilines is 1. The van der Waals surface area contributed by atoms with E-state index in [0.717, 1.165) is 5.56 Å². The van der Waals surface area contributed by atoms with Crippen molar-refractivity contribution < 1.29 is 4.79 Å². The van der Waals surface area contributed by atoms with Crippen molar-refractivity contribution in [3.8, 4) is 5.69 Å². The number of hydrogen-bond acceptors (Lipinski definition) is 4. The second kappa shape index (κ2) is 8.91. The van der Waals surface area contributed by atoms with Gasteiger partial charge < -0.3 is 10.6 Å². The molecule has 0 saturated carbocycles. The standard InChI is InChI=1S/C20H18Cl2N4O2/c1-23-19(27)14-4-2-3-13(11-14)9-10-24-17-12-25-26(20(28)18(17)22)16-7-5-15(21)6-8-16/h2-8,11-12,24H,9-10H2,1H3,(H,23,27). The van der Waals surface area contributed by atoms with E-state index in [1.807, 2.05) is 18.2 Å². The van der Waals surface area contributed by atoms with E-state index in [1.165, 1.54) is 10.9 Å². The second-order valence-corrected chi connectivity index (χ2v) is 6.84. The molecule has 2 N–H and O–H groups in total. The van der Waals surface area contributed by atoms with Crippen LogP contribution in [0.2, 0.25) is 10.0 Å². The van der Waals surface area contributed by atoms with Gasteiger partial charge in [0.25, 0.3) is 11.5 Å². The summed E-state index contributed by atoms with van der Waals surface area (Å²) < 4.78 is 1.22. The molecule has 3 rings (SSSR count). The number of hydrogen-bond donors (Lipinski definition) is 2. The van der Waals surface area contributed by atoms with Gasteiger partial charge in [-0.05, 0) is 48.4 Å². The van der Waals surface area contributed by atoms with Gasteiger partial charge in [0, 0.05) is 24.2 Å². The average Bonchev–Trinajstić information content (AvgIpc) is 2.72. The van der Waals surface area contributed by atoms with Gasteiger partial charge in [-0.25, -0.2) is 0 Å². The molecule has 6 nitrogen and oxygen atoms in total. The largest absolute Gasteiger partial charge is 0.382 e. The van der Waals surface area contributed by atoms with E-state index in [-0.39, 0.29) is 10.9 Å². The van der Waals surface area contributed by atoms with Crippen LogP contribution in [0, 0.1) is 0 Å². The number of rotatable bonds is 6. The third-order valence-electron chi connectivity index (χ3n) is 4.14. The summed E-state index contributed by atoms with van der Waals surface area (Å²) in [5, 5.41) is 10.5. The van der Waals surface area contributed by atoms with Gasteiger partial charge in [-0.15, -0.1) is 0 Å². The summed E-state index contributed by atoms with van der Waals surface area (Å²) in [7, 11) is 1.60. The van der Waals surface area contributed by atoms with Gasteiger partial charge >= 0.3 is 0 Å². The van der Waals surface area contributed by atoms with E-state index >= 15 is 0 Å². The van der Waals surface area contributed by atoms with E-state index < -0.39 is 5.56 Å².